The van der Waals surface area contributed by atoms with E-state index in [0.29, 0.717) is 5.92 Å². The Bertz CT molecular complexity index is 260. The number of aromatic nitrogens is 2. The molecule has 0 saturated carbocycles. The highest BCUT2D eigenvalue weighted by molar-refractivity contribution is 7.66. The summed E-state index contributed by atoms with van der Waals surface area (Å²) < 4.78 is 10.7. The fourth-order valence-electron chi connectivity index (χ4n) is 0.810. The molecule has 12 heavy (non-hydrogen) atoms. The van der Waals surface area contributed by atoms with Gasteiger partial charge in [0.2, 0.25) is 5.82 Å². The van der Waals surface area contributed by atoms with Gasteiger partial charge in [-0.25, -0.2) is 4.98 Å². The second-order valence-corrected chi connectivity index (χ2v) is 3.42. The number of aliphatic hydroxyl groups is 1. The fraction of sp³-hybridized carbons (Fsp3) is 0.429. The molecule has 0 aromatic carbocycles. The van der Waals surface area contributed by atoms with Crippen molar-refractivity contribution in [3.05, 3.63) is 24.1 Å². The van der Waals surface area contributed by atoms with E-state index in [1.165, 1.54) is 6.20 Å². The predicted molar refractivity (Wildman–Crippen MR) is 45.1 cm³/mol. The molecule has 1 heterocycles. The van der Waals surface area contributed by atoms with Crippen molar-refractivity contribution in [3.8, 4) is 0 Å². The highest BCUT2D eigenvalue weighted by Crippen LogP contribution is 2.27. The number of H-pyrrole nitrogens is 1. The van der Waals surface area contributed by atoms with Crippen LogP contribution in [0.25, 0.3) is 0 Å². The Labute approximate surface area is 74.5 Å². The summed E-state index contributed by atoms with van der Waals surface area (Å²) in [5.74, 6) is 0.889. The summed E-state index contributed by atoms with van der Waals surface area (Å²) >= 11 is 0.113. The number of imidazole rings is 1. The summed E-state index contributed by atoms with van der Waals surface area (Å²) in [6, 6.07) is 0. The molecular weight excluding hydrogens is 176 g/mol. The molecule has 4 nitrogen and oxygen atoms in total. The zero-order valence-corrected chi connectivity index (χ0v) is 7.68. The molecule has 0 amide bonds. The van der Waals surface area contributed by atoms with Gasteiger partial charge in [0.05, 0.1) is 5.92 Å². The molecule has 0 aliphatic carbocycles. The average Bonchev–Trinajstić information content (AvgIpc) is 2.54. The van der Waals surface area contributed by atoms with E-state index < -0.39 is 4.93 Å². The molecule has 0 fully saturated rings. The van der Waals surface area contributed by atoms with E-state index in [4.69, 9.17) is 0 Å². The molecule has 1 aromatic heterocycles. The Hall–Kier alpha value is -0.810. The van der Waals surface area contributed by atoms with Gasteiger partial charge in [0.25, 0.3) is 0 Å². The van der Waals surface area contributed by atoms with Gasteiger partial charge in [-0.15, -0.1) is 0 Å². The van der Waals surface area contributed by atoms with Crippen LogP contribution in [0.15, 0.2) is 12.4 Å². The van der Waals surface area contributed by atoms with Crippen molar-refractivity contribution < 1.29 is 9.32 Å². The molecule has 1 rings (SSSR count). The number of hydrogen-bond donors (Lipinski definition) is 2. The minimum Gasteiger partial charge on any atom is -0.341 e. The van der Waals surface area contributed by atoms with Gasteiger partial charge in [0.1, 0.15) is 0 Å². The Morgan fingerprint density at radius 3 is 2.75 bits per heavy atom. The van der Waals surface area contributed by atoms with Gasteiger partial charge in [-0.3, -0.25) is 0 Å². The Morgan fingerprint density at radius 2 is 2.42 bits per heavy atom. The molecule has 65 valence electrons. The quantitative estimate of drug-likeness (QED) is 0.536. The van der Waals surface area contributed by atoms with Crippen LogP contribution in [0, 0.1) is 5.92 Å². The summed E-state index contributed by atoms with van der Waals surface area (Å²) in [6.45, 7) is 3.38. The van der Waals surface area contributed by atoms with E-state index in [2.05, 4.69) is 9.97 Å². The van der Waals surface area contributed by atoms with E-state index >= 15 is 0 Å². The maximum Gasteiger partial charge on any atom is 0.506 e. The molecule has 1 radical (unpaired) electrons. The largest absolute Gasteiger partial charge is 0.506 e. The maximum absolute atomic E-state index is 10.7. The molecule has 0 saturated heterocycles. The summed E-state index contributed by atoms with van der Waals surface area (Å²) in [7, 11) is 0. The third-order valence-electron chi connectivity index (χ3n) is 1.62. The smallest absolute Gasteiger partial charge is 0.341 e. The van der Waals surface area contributed by atoms with Gasteiger partial charge in [0, 0.05) is 16.6 Å². The third kappa shape index (κ3) is 1.37. The molecule has 0 aliphatic heterocycles. The monoisotopic (exact) mass is 186 g/mol. The topological polar surface area (TPSA) is 66.0 Å². The van der Waals surface area contributed by atoms with Crippen LogP contribution in [0.1, 0.15) is 19.7 Å². The zero-order valence-electron chi connectivity index (χ0n) is 6.87. The molecule has 1 atom stereocenters. The van der Waals surface area contributed by atoms with Crippen LogP contribution in [0.5, 0.6) is 0 Å². The molecule has 1 aromatic rings. The lowest BCUT2D eigenvalue weighted by Crippen LogP contribution is -2.30. The van der Waals surface area contributed by atoms with Crippen LogP contribution in [0.2, 0.25) is 0 Å². The van der Waals surface area contributed by atoms with Gasteiger partial charge in [-0.1, -0.05) is 13.8 Å². The van der Waals surface area contributed by atoms with E-state index in [1.54, 1.807) is 20.0 Å². The highest BCUT2D eigenvalue weighted by Gasteiger charge is 2.51. The lowest BCUT2D eigenvalue weighted by atomic mass is 10.1. The average molecular weight is 186 g/mol. The molecule has 1 unspecified atom stereocenters. The van der Waals surface area contributed by atoms with Crippen molar-refractivity contribution in [1.82, 2.24) is 9.97 Å². The SMILES string of the molecule is C[C](C)C(O)([S+]=O)c1ncc[nH]1. The molecule has 2 N–H and O–H groups in total. The van der Waals surface area contributed by atoms with Crippen molar-refractivity contribution in [1.29, 1.82) is 0 Å². The number of hydrogen-bond acceptors (Lipinski definition) is 3. The maximum atomic E-state index is 10.7. The van der Waals surface area contributed by atoms with Crippen LogP contribution in [-0.4, -0.2) is 15.1 Å². The van der Waals surface area contributed by atoms with Crippen LogP contribution >= 0.6 is 0 Å². The minimum atomic E-state index is -1.52. The van der Waals surface area contributed by atoms with Gasteiger partial charge in [-0.2, -0.15) is 0 Å². The fourth-order valence-corrected chi connectivity index (χ4v) is 1.17. The molecule has 0 aliphatic rings. The number of aromatic amines is 1. The van der Waals surface area contributed by atoms with Crippen molar-refractivity contribution >= 4 is 11.7 Å². The lowest BCUT2D eigenvalue weighted by Gasteiger charge is -2.10. The molecular formula is C7H10N2O2S+. The second kappa shape index (κ2) is 3.28. The summed E-state index contributed by atoms with van der Waals surface area (Å²) in [5.41, 5.74) is 0. The van der Waals surface area contributed by atoms with Crippen LogP contribution < -0.4 is 0 Å². The third-order valence-corrected chi connectivity index (χ3v) is 2.46. The van der Waals surface area contributed by atoms with E-state index in [0.717, 1.165) is 0 Å². The van der Waals surface area contributed by atoms with Crippen LogP contribution in [0.4, 0.5) is 0 Å². The second-order valence-electron chi connectivity index (χ2n) is 2.67. The van der Waals surface area contributed by atoms with Crippen molar-refractivity contribution in [2.24, 2.45) is 0 Å². The Kier molecular flexibility index (Phi) is 2.54. The Morgan fingerprint density at radius 1 is 1.75 bits per heavy atom. The van der Waals surface area contributed by atoms with Gasteiger partial charge in [-0.05, 0) is 0 Å². The summed E-state index contributed by atoms with van der Waals surface area (Å²) in [4.78, 5) is 5.02. The number of nitrogens with one attached hydrogen (secondary N) is 1. The van der Waals surface area contributed by atoms with E-state index in [1.807, 2.05) is 0 Å². The van der Waals surface area contributed by atoms with Crippen LogP contribution in [-0.2, 0) is 20.8 Å². The summed E-state index contributed by atoms with van der Waals surface area (Å²) in [6.07, 6.45) is 3.07. The van der Waals surface area contributed by atoms with Crippen molar-refractivity contribution in [2.45, 2.75) is 18.8 Å². The Balaban J connectivity index is 3.04. The zero-order chi connectivity index (χ0) is 9.19. The van der Waals surface area contributed by atoms with Crippen molar-refractivity contribution in [3.63, 3.8) is 0 Å². The lowest BCUT2D eigenvalue weighted by molar-refractivity contribution is 0.140. The van der Waals surface area contributed by atoms with E-state index in [9.17, 15) is 9.32 Å². The van der Waals surface area contributed by atoms with Gasteiger partial charge < -0.3 is 10.1 Å². The first-order valence-electron chi connectivity index (χ1n) is 3.45. The molecule has 5 heteroatoms. The minimum absolute atomic E-state index is 0.113. The number of rotatable bonds is 3. The summed E-state index contributed by atoms with van der Waals surface area (Å²) in [5, 5.41) is 9.78. The highest BCUT2D eigenvalue weighted by atomic mass is 32.1. The first-order chi connectivity index (χ1) is 5.61. The van der Waals surface area contributed by atoms with Crippen molar-refractivity contribution in [2.75, 3.05) is 0 Å². The first kappa shape index (κ1) is 9.28. The first-order valence-corrected chi connectivity index (χ1v) is 4.19. The number of nitrogens with zero attached hydrogens (tertiary/aromatic N) is 1. The van der Waals surface area contributed by atoms with E-state index in [-0.39, 0.29) is 17.5 Å². The normalized spacial score (nSPS) is 16.0. The van der Waals surface area contributed by atoms with Gasteiger partial charge in [0.15, 0.2) is 0 Å². The standard InChI is InChI=1S/C7H10N2O2S/c1-5(2)7(10,12-11)6-8-3-4-9-6/h3-4,10H,1-2H3,(H,8,9)/q+1. The predicted octanol–water partition coefficient (Wildman–Crippen LogP) is 0.597. The van der Waals surface area contributed by atoms with Gasteiger partial charge >= 0.3 is 16.6 Å². The molecule has 0 spiro atoms. The van der Waals surface area contributed by atoms with Crippen LogP contribution in [0.3, 0.4) is 0 Å². The molecule has 0 bridgehead atoms.